The van der Waals surface area contributed by atoms with Crippen LogP contribution in [0.4, 0.5) is 0 Å². The number of carbonyl (C=O) groups is 1. The third-order valence-corrected chi connectivity index (χ3v) is 3.27. The molecule has 1 nitrogen and oxygen atoms in total. The Kier molecular flexibility index (Phi) is 3.36. The zero-order valence-corrected chi connectivity index (χ0v) is 10.2. The first-order valence-corrected chi connectivity index (χ1v) is 5.86. The lowest BCUT2D eigenvalue weighted by atomic mass is 9.92. The van der Waals surface area contributed by atoms with Crippen molar-refractivity contribution < 1.29 is 4.79 Å². The van der Waals surface area contributed by atoms with Crippen molar-refractivity contribution in [2.75, 3.05) is 0 Å². The summed E-state index contributed by atoms with van der Waals surface area (Å²) >= 11 is 10.4. The molecule has 0 aliphatic heterocycles. The number of allylic oxidation sites excluding steroid dienone is 8. The minimum atomic E-state index is -0.0382. The number of rotatable bonds is 2. The van der Waals surface area contributed by atoms with E-state index in [1.54, 1.807) is 12.2 Å². The lowest BCUT2D eigenvalue weighted by Gasteiger charge is -2.13. The molecule has 2 aliphatic rings. The molecule has 0 unspecified atom stereocenters. The van der Waals surface area contributed by atoms with Crippen LogP contribution in [0.5, 0.6) is 0 Å². The van der Waals surface area contributed by atoms with Crippen LogP contribution < -0.4 is 0 Å². The number of hydrogen-bond donors (Lipinski definition) is 0. The number of thiocarbonyl (C=S) groups is 2. The van der Waals surface area contributed by atoms with Crippen LogP contribution in [-0.4, -0.2) is 15.5 Å². The predicted molar refractivity (Wildman–Crippen MR) is 73.9 cm³/mol. The first-order chi connectivity index (χ1) is 7.70. The van der Waals surface area contributed by atoms with E-state index < -0.39 is 0 Å². The standard InChI is InChI=1S/C13H10OS2/c14-13(9-5-1-3-7-11(9)15)10-6-2-4-8-12(10)16/h1-6H,7-8H2. The molecule has 0 fully saturated rings. The largest absolute Gasteiger partial charge is 0.289 e. The summed E-state index contributed by atoms with van der Waals surface area (Å²) in [5, 5.41) is 0. The Hall–Kier alpha value is -1.19. The van der Waals surface area contributed by atoms with Crippen LogP contribution >= 0.6 is 24.4 Å². The van der Waals surface area contributed by atoms with Crippen molar-refractivity contribution >= 4 is 39.9 Å². The smallest absolute Gasteiger partial charge is 0.195 e. The topological polar surface area (TPSA) is 17.1 Å². The first kappa shape index (κ1) is 11.3. The van der Waals surface area contributed by atoms with Gasteiger partial charge in [0.05, 0.1) is 0 Å². The number of Topliss-reactive ketones (excluding diaryl/α,β-unsaturated/α-hetero) is 1. The highest BCUT2D eigenvalue weighted by Gasteiger charge is 2.22. The van der Waals surface area contributed by atoms with Crippen LogP contribution in [0.2, 0.25) is 0 Å². The van der Waals surface area contributed by atoms with Gasteiger partial charge in [0.15, 0.2) is 5.78 Å². The number of carbonyl (C=O) groups excluding carboxylic acids is 1. The van der Waals surface area contributed by atoms with Crippen molar-refractivity contribution in [1.82, 2.24) is 0 Å². The van der Waals surface area contributed by atoms with Crippen molar-refractivity contribution in [3.8, 4) is 0 Å². The molecule has 0 spiro atoms. The van der Waals surface area contributed by atoms with Gasteiger partial charge in [-0.2, -0.15) is 0 Å². The zero-order chi connectivity index (χ0) is 11.5. The Balaban J connectivity index is 2.32. The normalized spacial score (nSPS) is 19.5. The summed E-state index contributed by atoms with van der Waals surface area (Å²) in [5.74, 6) is -0.0382. The van der Waals surface area contributed by atoms with E-state index in [4.69, 9.17) is 24.4 Å². The fourth-order valence-corrected chi connectivity index (χ4v) is 2.15. The maximum atomic E-state index is 12.2. The molecule has 0 aromatic rings. The molecule has 2 rings (SSSR count). The lowest BCUT2D eigenvalue weighted by Crippen LogP contribution is -2.19. The molecule has 0 bridgehead atoms. The summed E-state index contributed by atoms with van der Waals surface area (Å²) in [6, 6.07) is 0. The Morgan fingerprint density at radius 3 is 1.75 bits per heavy atom. The maximum Gasteiger partial charge on any atom is 0.195 e. The highest BCUT2D eigenvalue weighted by molar-refractivity contribution is 7.81. The summed E-state index contributed by atoms with van der Waals surface area (Å²) in [5.41, 5.74) is 1.22. The van der Waals surface area contributed by atoms with Crippen molar-refractivity contribution in [3.63, 3.8) is 0 Å². The second kappa shape index (κ2) is 4.76. The third kappa shape index (κ3) is 2.15. The highest BCUT2D eigenvalue weighted by Crippen LogP contribution is 2.19. The van der Waals surface area contributed by atoms with E-state index in [1.165, 1.54) is 0 Å². The van der Waals surface area contributed by atoms with Crippen molar-refractivity contribution in [1.29, 1.82) is 0 Å². The van der Waals surface area contributed by atoms with Gasteiger partial charge in [-0.3, -0.25) is 4.79 Å². The van der Waals surface area contributed by atoms with Crippen LogP contribution in [0, 0.1) is 0 Å². The highest BCUT2D eigenvalue weighted by atomic mass is 32.1. The summed E-state index contributed by atoms with van der Waals surface area (Å²) in [6.07, 6.45) is 12.5. The van der Waals surface area contributed by atoms with Gasteiger partial charge in [0.25, 0.3) is 0 Å². The molecule has 0 aromatic carbocycles. The fourth-order valence-electron chi connectivity index (χ4n) is 1.63. The van der Waals surface area contributed by atoms with Crippen molar-refractivity contribution in [2.45, 2.75) is 12.8 Å². The molecule has 80 valence electrons. The quantitative estimate of drug-likeness (QED) is 0.697. The SMILES string of the molecule is O=C(C1=CC=CCC1=S)C1=CC=CCC1=S. The van der Waals surface area contributed by atoms with E-state index in [0.717, 1.165) is 0 Å². The van der Waals surface area contributed by atoms with Gasteiger partial charge in [-0.25, -0.2) is 0 Å². The molecule has 0 heterocycles. The molecule has 0 saturated heterocycles. The first-order valence-electron chi connectivity index (χ1n) is 5.05. The monoisotopic (exact) mass is 246 g/mol. The summed E-state index contributed by atoms with van der Waals surface area (Å²) < 4.78 is 0. The van der Waals surface area contributed by atoms with Crippen LogP contribution in [-0.2, 0) is 4.79 Å². The summed E-state index contributed by atoms with van der Waals surface area (Å²) in [4.78, 5) is 13.6. The van der Waals surface area contributed by atoms with Gasteiger partial charge < -0.3 is 0 Å². The zero-order valence-electron chi connectivity index (χ0n) is 8.60. The summed E-state index contributed by atoms with van der Waals surface area (Å²) in [6.45, 7) is 0. The van der Waals surface area contributed by atoms with Crippen LogP contribution in [0.3, 0.4) is 0 Å². The van der Waals surface area contributed by atoms with Crippen LogP contribution in [0.1, 0.15) is 12.8 Å². The van der Waals surface area contributed by atoms with Gasteiger partial charge in [-0.1, -0.05) is 60.9 Å². The van der Waals surface area contributed by atoms with Gasteiger partial charge in [-0.15, -0.1) is 0 Å². The Morgan fingerprint density at radius 2 is 1.38 bits per heavy atom. The second-order valence-corrected chi connectivity index (χ2v) is 4.59. The van der Waals surface area contributed by atoms with Gasteiger partial charge >= 0.3 is 0 Å². The molecule has 0 atom stereocenters. The van der Waals surface area contributed by atoms with Crippen molar-refractivity contribution in [2.24, 2.45) is 0 Å². The predicted octanol–water partition coefficient (Wildman–Crippen LogP) is 3.07. The molecule has 0 N–H and O–H groups in total. The molecule has 0 aromatic heterocycles. The number of ketones is 1. The molecule has 0 saturated carbocycles. The number of hydrogen-bond acceptors (Lipinski definition) is 3. The molecular weight excluding hydrogens is 236 g/mol. The van der Waals surface area contributed by atoms with E-state index in [2.05, 4.69) is 0 Å². The molecule has 0 amide bonds. The van der Waals surface area contributed by atoms with E-state index in [-0.39, 0.29) is 5.78 Å². The van der Waals surface area contributed by atoms with Crippen molar-refractivity contribution in [3.05, 3.63) is 47.6 Å². The molecule has 3 heteroatoms. The average Bonchev–Trinajstić information content (AvgIpc) is 2.29. The van der Waals surface area contributed by atoms with Gasteiger partial charge in [-0.05, 0) is 0 Å². The maximum absolute atomic E-state index is 12.2. The van der Waals surface area contributed by atoms with E-state index in [1.807, 2.05) is 24.3 Å². The minimum Gasteiger partial charge on any atom is -0.289 e. The van der Waals surface area contributed by atoms with E-state index in [0.29, 0.717) is 33.7 Å². The second-order valence-electron chi connectivity index (χ2n) is 3.60. The fraction of sp³-hybridized carbons (Fsp3) is 0.154. The van der Waals surface area contributed by atoms with Gasteiger partial charge in [0.2, 0.25) is 0 Å². The summed E-state index contributed by atoms with van der Waals surface area (Å²) in [7, 11) is 0. The average molecular weight is 246 g/mol. The van der Waals surface area contributed by atoms with Crippen LogP contribution in [0.25, 0.3) is 0 Å². The van der Waals surface area contributed by atoms with Gasteiger partial charge in [0, 0.05) is 33.7 Å². The van der Waals surface area contributed by atoms with E-state index >= 15 is 0 Å². The molecular formula is C13H10OS2. The Morgan fingerprint density at radius 1 is 0.938 bits per heavy atom. The Labute approximate surface area is 105 Å². The third-order valence-electron chi connectivity index (χ3n) is 2.49. The molecule has 2 aliphatic carbocycles. The lowest BCUT2D eigenvalue weighted by molar-refractivity contribution is -0.111. The van der Waals surface area contributed by atoms with Crippen LogP contribution in [0.15, 0.2) is 47.6 Å². The van der Waals surface area contributed by atoms with Gasteiger partial charge in [0.1, 0.15) is 0 Å². The minimum absolute atomic E-state index is 0.0382. The molecule has 16 heavy (non-hydrogen) atoms. The molecule has 0 radical (unpaired) electrons. The Bertz CT molecular complexity index is 446. The van der Waals surface area contributed by atoms with E-state index in [9.17, 15) is 4.79 Å².